The fourth-order valence-corrected chi connectivity index (χ4v) is 2.93. The number of nitrogens with two attached hydrogens (primary N) is 1. The summed E-state index contributed by atoms with van der Waals surface area (Å²) >= 11 is 1.70. The topological polar surface area (TPSA) is 56.7 Å². The fourth-order valence-electron chi connectivity index (χ4n) is 1.98. The lowest BCUT2D eigenvalue weighted by Gasteiger charge is -2.00. The number of aromatic nitrogens is 3. The van der Waals surface area contributed by atoms with Crippen molar-refractivity contribution in [3.63, 3.8) is 0 Å². The minimum Gasteiger partial charge on any atom is -0.396 e. The van der Waals surface area contributed by atoms with Crippen molar-refractivity contribution in [2.24, 2.45) is 0 Å². The molecule has 92 valence electrons. The molecule has 0 spiro atoms. The van der Waals surface area contributed by atoms with Crippen molar-refractivity contribution in [3.8, 4) is 0 Å². The molecule has 0 bridgehead atoms. The Balaban J connectivity index is 1.98. The smallest absolute Gasteiger partial charge is 0.115 e. The number of hydrogen-bond donors (Lipinski definition) is 1. The molecule has 1 aromatic carbocycles. The average molecular weight is 258 g/mol. The molecule has 0 aliphatic carbocycles. The van der Waals surface area contributed by atoms with E-state index in [0.717, 1.165) is 27.6 Å². The van der Waals surface area contributed by atoms with Gasteiger partial charge in [0, 0.05) is 0 Å². The molecule has 2 heterocycles. The molecule has 0 atom stereocenters. The van der Waals surface area contributed by atoms with Crippen LogP contribution in [0.1, 0.15) is 16.4 Å². The predicted octanol–water partition coefficient (Wildman–Crippen LogP) is 2.74. The minimum atomic E-state index is 0.684. The predicted molar refractivity (Wildman–Crippen MR) is 74.8 cm³/mol. The maximum absolute atomic E-state index is 5.93. The third-order valence-corrected chi connectivity index (χ3v) is 4.08. The summed E-state index contributed by atoms with van der Waals surface area (Å²) in [7, 11) is 0. The highest BCUT2D eigenvalue weighted by molar-refractivity contribution is 7.18. The van der Waals surface area contributed by atoms with Gasteiger partial charge in [-0.1, -0.05) is 12.1 Å². The number of fused-ring (bicyclic) bond motifs is 1. The number of hydrogen-bond acceptors (Lipinski definition) is 4. The van der Waals surface area contributed by atoms with Crippen LogP contribution in [0, 0.1) is 13.8 Å². The molecule has 0 radical (unpaired) electrons. The van der Waals surface area contributed by atoms with Crippen molar-refractivity contribution in [2.75, 3.05) is 5.73 Å². The van der Waals surface area contributed by atoms with E-state index in [1.54, 1.807) is 11.3 Å². The van der Waals surface area contributed by atoms with Crippen LogP contribution in [0.2, 0.25) is 0 Å². The Bertz CT molecular complexity index is 678. The van der Waals surface area contributed by atoms with E-state index in [-0.39, 0.29) is 0 Å². The molecule has 0 saturated heterocycles. The van der Waals surface area contributed by atoms with Gasteiger partial charge < -0.3 is 5.73 Å². The number of para-hydroxylation sites is 1. The van der Waals surface area contributed by atoms with E-state index in [1.807, 2.05) is 36.7 Å². The van der Waals surface area contributed by atoms with Gasteiger partial charge in [0.05, 0.1) is 33.8 Å². The summed E-state index contributed by atoms with van der Waals surface area (Å²) in [6.45, 7) is 4.60. The Kier molecular flexibility index (Phi) is 2.56. The van der Waals surface area contributed by atoms with Gasteiger partial charge in [0.1, 0.15) is 5.01 Å². The van der Waals surface area contributed by atoms with Crippen LogP contribution in [-0.4, -0.2) is 14.8 Å². The van der Waals surface area contributed by atoms with Crippen molar-refractivity contribution in [3.05, 3.63) is 40.7 Å². The van der Waals surface area contributed by atoms with Crippen molar-refractivity contribution in [1.29, 1.82) is 0 Å². The number of rotatable bonds is 2. The fraction of sp³-hybridized carbons (Fsp3) is 0.231. The highest BCUT2D eigenvalue weighted by atomic mass is 32.1. The Morgan fingerprint density at radius 1 is 1.28 bits per heavy atom. The molecular weight excluding hydrogens is 244 g/mol. The van der Waals surface area contributed by atoms with Crippen molar-refractivity contribution >= 4 is 27.2 Å². The first-order valence-corrected chi connectivity index (χ1v) is 6.60. The van der Waals surface area contributed by atoms with Crippen LogP contribution in [0.5, 0.6) is 0 Å². The Hall–Kier alpha value is -1.88. The molecule has 3 rings (SSSR count). The summed E-state index contributed by atoms with van der Waals surface area (Å²) in [5.41, 5.74) is 9.64. The van der Waals surface area contributed by atoms with Gasteiger partial charge in [0.15, 0.2) is 0 Å². The van der Waals surface area contributed by atoms with Crippen LogP contribution in [0.25, 0.3) is 10.2 Å². The number of anilines is 1. The van der Waals surface area contributed by atoms with Crippen molar-refractivity contribution < 1.29 is 0 Å². The SMILES string of the molecule is Cc1nn(Cc2nc3ccccc3s2)c(C)c1N. The lowest BCUT2D eigenvalue weighted by Crippen LogP contribution is -2.03. The van der Waals surface area contributed by atoms with E-state index in [4.69, 9.17) is 5.73 Å². The Morgan fingerprint density at radius 3 is 2.72 bits per heavy atom. The summed E-state index contributed by atoms with van der Waals surface area (Å²) in [6.07, 6.45) is 0. The zero-order chi connectivity index (χ0) is 12.7. The zero-order valence-electron chi connectivity index (χ0n) is 10.3. The van der Waals surface area contributed by atoms with Crippen LogP contribution >= 0.6 is 11.3 Å². The normalized spacial score (nSPS) is 11.2. The minimum absolute atomic E-state index is 0.684. The van der Waals surface area contributed by atoms with Gasteiger partial charge in [0.2, 0.25) is 0 Å². The van der Waals surface area contributed by atoms with E-state index in [1.165, 1.54) is 4.70 Å². The third kappa shape index (κ3) is 1.76. The van der Waals surface area contributed by atoms with Gasteiger partial charge in [0.25, 0.3) is 0 Å². The Labute approximate surface area is 109 Å². The monoisotopic (exact) mass is 258 g/mol. The third-order valence-electron chi connectivity index (χ3n) is 3.06. The second-order valence-electron chi connectivity index (χ2n) is 4.32. The number of thiazole rings is 1. The first-order chi connectivity index (χ1) is 8.65. The summed E-state index contributed by atoms with van der Waals surface area (Å²) in [5.74, 6) is 0. The highest BCUT2D eigenvalue weighted by Gasteiger charge is 2.10. The molecule has 2 aromatic heterocycles. The van der Waals surface area contributed by atoms with Crippen LogP contribution in [0.3, 0.4) is 0 Å². The van der Waals surface area contributed by atoms with Gasteiger partial charge in [-0.15, -0.1) is 11.3 Å². The molecule has 4 nitrogen and oxygen atoms in total. The van der Waals surface area contributed by atoms with Gasteiger partial charge in [-0.25, -0.2) is 4.98 Å². The van der Waals surface area contributed by atoms with Crippen LogP contribution in [0.4, 0.5) is 5.69 Å². The molecule has 5 heteroatoms. The molecule has 0 saturated carbocycles. The van der Waals surface area contributed by atoms with Crippen LogP contribution < -0.4 is 5.73 Å². The molecule has 0 amide bonds. The van der Waals surface area contributed by atoms with Crippen molar-refractivity contribution in [2.45, 2.75) is 20.4 Å². The maximum atomic E-state index is 5.93. The number of nitrogens with zero attached hydrogens (tertiary/aromatic N) is 3. The van der Waals surface area contributed by atoms with E-state index < -0.39 is 0 Å². The molecule has 0 unspecified atom stereocenters. The Morgan fingerprint density at radius 2 is 2.06 bits per heavy atom. The van der Waals surface area contributed by atoms with Gasteiger partial charge in [-0.3, -0.25) is 4.68 Å². The summed E-state index contributed by atoms with van der Waals surface area (Å²) in [4.78, 5) is 4.60. The van der Waals surface area contributed by atoms with E-state index in [2.05, 4.69) is 16.1 Å². The molecule has 0 fully saturated rings. The van der Waals surface area contributed by atoms with Crippen LogP contribution in [0.15, 0.2) is 24.3 Å². The molecular formula is C13H14N4S. The van der Waals surface area contributed by atoms with E-state index >= 15 is 0 Å². The lowest BCUT2D eigenvalue weighted by molar-refractivity contribution is 0.657. The van der Waals surface area contributed by atoms with E-state index in [9.17, 15) is 0 Å². The molecule has 3 aromatic rings. The highest BCUT2D eigenvalue weighted by Crippen LogP contribution is 2.23. The van der Waals surface area contributed by atoms with Gasteiger partial charge in [-0.2, -0.15) is 5.10 Å². The largest absolute Gasteiger partial charge is 0.396 e. The number of nitrogen functional groups attached to an aromatic ring is 1. The standard InChI is InChI=1S/C13H14N4S/c1-8-13(14)9(2)17(16-8)7-12-15-10-5-3-4-6-11(10)18-12/h3-6H,7,14H2,1-2H3. The maximum Gasteiger partial charge on any atom is 0.115 e. The number of benzene rings is 1. The van der Waals surface area contributed by atoms with E-state index in [0.29, 0.717) is 6.54 Å². The van der Waals surface area contributed by atoms with Gasteiger partial charge in [-0.05, 0) is 26.0 Å². The molecule has 0 aliphatic heterocycles. The van der Waals surface area contributed by atoms with Crippen LogP contribution in [-0.2, 0) is 6.54 Å². The quantitative estimate of drug-likeness (QED) is 0.769. The second-order valence-corrected chi connectivity index (χ2v) is 5.43. The molecule has 18 heavy (non-hydrogen) atoms. The number of aryl methyl sites for hydroxylation is 1. The average Bonchev–Trinajstić information content (AvgIpc) is 2.87. The molecule has 0 aliphatic rings. The van der Waals surface area contributed by atoms with Crippen molar-refractivity contribution in [1.82, 2.24) is 14.8 Å². The summed E-state index contributed by atoms with van der Waals surface area (Å²) in [5, 5.41) is 5.49. The summed E-state index contributed by atoms with van der Waals surface area (Å²) in [6, 6.07) is 8.16. The first-order valence-electron chi connectivity index (χ1n) is 5.79. The second kappa shape index (κ2) is 4.10. The van der Waals surface area contributed by atoms with Gasteiger partial charge >= 0.3 is 0 Å². The first kappa shape index (κ1) is 11.2. The zero-order valence-corrected chi connectivity index (χ0v) is 11.2. The summed E-state index contributed by atoms with van der Waals surface area (Å²) < 4.78 is 3.13. The lowest BCUT2D eigenvalue weighted by atomic mass is 10.3. The molecule has 2 N–H and O–H groups in total.